The highest BCUT2D eigenvalue weighted by Crippen LogP contribution is 2.26. The molecule has 0 spiro atoms. The molecule has 1 saturated heterocycles. The Kier molecular flexibility index (Phi) is 3.64. The van der Waals surface area contributed by atoms with Crippen molar-refractivity contribution in [1.29, 1.82) is 0 Å². The zero-order valence-electron chi connectivity index (χ0n) is 9.47. The molecule has 1 aromatic rings. The van der Waals surface area contributed by atoms with Crippen molar-refractivity contribution in [3.8, 4) is 0 Å². The number of halogens is 2. The predicted octanol–water partition coefficient (Wildman–Crippen LogP) is 2.27. The average molecular weight is 257 g/mol. The fraction of sp³-hybridized carbons (Fsp3) is 0.417. The lowest BCUT2D eigenvalue weighted by Crippen LogP contribution is -2.48. The molecule has 3 nitrogen and oxygen atoms in total. The molecule has 1 atom stereocenters. The maximum Gasteiger partial charge on any atom is 0.227 e. The van der Waals surface area contributed by atoms with Crippen LogP contribution in [0.5, 0.6) is 0 Å². The summed E-state index contributed by atoms with van der Waals surface area (Å²) in [6.45, 7) is 3.51. The molecule has 0 aromatic heterocycles. The second-order valence-electron chi connectivity index (χ2n) is 4.29. The van der Waals surface area contributed by atoms with Crippen molar-refractivity contribution in [3.63, 3.8) is 0 Å². The Morgan fingerprint density at radius 3 is 2.82 bits per heavy atom. The van der Waals surface area contributed by atoms with Gasteiger partial charge in [0.25, 0.3) is 0 Å². The van der Waals surface area contributed by atoms with Crippen LogP contribution in [0, 0.1) is 17.7 Å². The molecule has 2 rings (SSSR count). The Balaban J connectivity index is 2.07. The van der Waals surface area contributed by atoms with Gasteiger partial charge >= 0.3 is 0 Å². The van der Waals surface area contributed by atoms with Gasteiger partial charge in [0, 0.05) is 5.92 Å². The first-order valence-corrected chi connectivity index (χ1v) is 5.93. The normalized spacial score (nSPS) is 17.4. The molecule has 0 aliphatic carbocycles. The Morgan fingerprint density at radius 2 is 2.29 bits per heavy atom. The van der Waals surface area contributed by atoms with Crippen LogP contribution in [0.15, 0.2) is 18.2 Å². The highest BCUT2D eigenvalue weighted by atomic mass is 35.5. The number of carbonyl (C=O) groups is 1. The second-order valence-corrected chi connectivity index (χ2v) is 4.70. The summed E-state index contributed by atoms with van der Waals surface area (Å²) >= 11 is 5.84. The Morgan fingerprint density at radius 1 is 1.59 bits per heavy atom. The van der Waals surface area contributed by atoms with Crippen LogP contribution in [-0.2, 0) is 4.79 Å². The maximum atomic E-state index is 13.5. The summed E-state index contributed by atoms with van der Waals surface area (Å²) in [6, 6.07) is 4.33. The lowest BCUT2D eigenvalue weighted by Gasteiger charge is -2.31. The van der Waals surface area contributed by atoms with E-state index in [1.54, 1.807) is 6.07 Å². The van der Waals surface area contributed by atoms with Gasteiger partial charge in [-0.15, -0.1) is 0 Å². The lowest BCUT2D eigenvalue weighted by atomic mass is 9.88. The van der Waals surface area contributed by atoms with Crippen molar-refractivity contribution < 1.29 is 9.18 Å². The molecule has 1 aliphatic rings. The molecule has 17 heavy (non-hydrogen) atoms. The van der Waals surface area contributed by atoms with Gasteiger partial charge in [0.1, 0.15) is 5.82 Å². The molecule has 0 saturated carbocycles. The molecule has 1 unspecified atom stereocenters. The monoisotopic (exact) mass is 256 g/mol. The van der Waals surface area contributed by atoms with Crippen LogP contribution in [0.25, 0.3) is 0 Å². The molecule has 0 radical (unpaired) electrons. The molecule has 1 fully saturated rings. The summed E-state index contributed by atoms with van der Waals surface area (Å²) in [5.74, 6) is -0.527. The number of carbonyl (C=O) groups excluding carboxylic acids is 1. The van der Waals surface area contributed by atoms with E-state index in [-0.39, 0.29) is 22.5 Å². The van der Waals surface area contributed by atoms with Crippen molar-refractivity contribution in [2.24, 2.45) is 11.8 Å². The van der Waals surface area contributed by atoms with Gasteiger partial charge in [0.05, 0.1) is 10.7 Å². The molecule has 1 aromatic carbocycles. The third-order valence-electron chi connectivity index (χ3n) is 3.14. The fourth-order valence-electron chi connectivity index (χ4n) is 1.73. The van der Waals surface area contributed by atoms with Crippen molar-refractivity contribution >= 4 is 23.2 Å². The van der Waals surface area contributed by atoms with E-state index < -0.39 is 5.82 Å². The number of hydrogen-bond acceptors (Lipinski definition) is 2. The number of amides is 1. The van der Waals surface area contributed by atoms with Crippen LogP contribution in [0.4, 0.5) is 10.1 Å². The topological polar surface area (TPSA) is 41.1 Å². The summed E-state index contributed by atoms with van der Waals surface area (Å²) in [7, 11) is 0. The van der Waals surface area contributed by atoms with Crippen molar-refractivity contribution in [2.45, 2.75) is 6.92 Å². The van der Waals surface area contributed by atoms with Gasteiger partial charge in [0.2, 0.25) is 5.91 Å². The highest BCUT2D eigenvalue weighted by Gasteiger charge is 2.29. The number of para-hydroxylation sites is 1. The lowest BCUT2D eigenvalue weighted by molar-refractivity contribution is -0.121. The zero-order valence-corrected chi connectivity index (χ0v) is 10.2. The van der Waals surface area contributed by atoms with E-state index in [0.29, 0.717) is 5.92 Å². The summed E-state index contributed by atoms with van der Waals surface area (Å²) in [6.07, 6.45) is 0. The van der Waals surface area contributed by atoms with Gasteiger partial charge in [-0.1, -0.05) is 24.6 Å². The molecular formula is C12H14ClFN2O. The predicted molar refractivity (Wildman–Crippen MR) is 65.6 cm³/mol. The van der Waals surface area contributed by atoms with Crippen LogP contribution >= 0.6 is 11.6 Å². The summed E-state index contributed by atoms with van der Waals surface area (Å²) in [5.41, 5.74) is 0.0679. The summed E-state index contributed by atoms with van der Waals surface area (Å²) in [4.78, 5) is 11.9. The van der Waals surface area contributed by atoms with E-state index in [4.69, 9.17) is 11.6 Å². The van der Waals surface area contributed by atoms with Gasteiger partial charge in [-0.2, -0.15) is 0 Å². The van der Waals surface area contributed by atoms with E-state index in [1.807, 2.05) is 6.92 Å². The molecule has 0 bridgehead atoms. The van der Waals surface area contributed by atoms with Gasteiger partial charge < -0.3 is 10.6 Å². The first-order chi connectivity index (χ1) is 8.09. The van der Waals surface area contributed by atoms with Gasteiger partial charge in [0.15, 0.2) is 0 Å². The molecule has 92 valence electrons. The smallest absolute Gasteiger partial charge is 0.227 e. The standard InChI is InChI=1S/C12H14ClFN2O/c1-7(8-5-15-6-8)12(17)16-11-9(13)3-2-4-10(11)14/h2-4,7-8,15H,5-6H2,1H3,(H,16,17). The number of benzene rings is 1. The van der Waals surface area contributed by atoms with E-state index in [2.05, 4.69) is 10.6 Å². The molecule has 1 amide bonds. The SMILES string of the molecule is CC(C(=O)Nc1c(F)cccc1Cl)C1CNC1. The van der Waals surface area contributed by atoms with Crippen LogP contribution in [0.2, 0.25) is 5.02 Å². The largest absolute Gasteiger partial charge is 0.322 e. The molecule has 5 heteroatoms. The third-order valence-corrected chi connectivity index (χ3v) is 3.46. The van der Waals surface area contributed by atoms with Crippen LogP contribution in [0.1, 0.15) is 6.92 Å². The van der Waals surface area contributed by atoms with E-state index in [9.17, 15) is 9.18 Å². The van der Waals surface area contributed by atoms with Gasteiger partial charge in [-0.25, -0.2) is 4.39 Å². The summed E-state index contributed by atoms with van der Waals surface area (Å²) in [5, 5.41) is 5.88. The molecule has 1 aliphatic heterocycles. The van der Waals surface area contributed by atoms with Crippen LogP contribution in [-0.4, -0.2) is 19.0 Å². The van der Waals surface area contributed by atoms with Crippen molar-refractivity contribution in [1.82, 2.24) is 5.32 Å². The van der Waals surface area contributed by atoms with Crippen molar-refractivity contribution in [2.75, 3.05) is 18.4 Å². The summed E-state index contributed by atoms with van der Waals surface area (Å²) < 4.78 is 13.5. The van der Waals surface area contributed by atoms with E-state index in [0.717, 1.165) is 13.1 Å². The van der Waals surface area contributed by atoms with E-state index >= 15 is 0 Å². The molecular weight excluding hydrogens is 243 g/mol. The molecule has 1 heterocycles. The number of anilines is 1. The number of rotatable bonds is 3. The maximum absolute atomic E-state index is 13.5. The van der Waals surface area contributed by atoms with Crippen LogP contribution in [0.3, 0.4) is 0 Å². The minimum Gasteiger partial charge on any atom is -0.322 e. The molecule has 2 N–H and O–H groups in total. The minimum absolute atomic E-state index is 0.0679. The quantitative estimate of drug-likeness (QED) is 0.871. The fourth-order valence-corrected chi connectivity index (χ4v) is 1.94. The van der Waals surface area contributed by atoms with Gasteiger partial charge in [-0.3, -0.25) is 4.79 Å². The van der Waals surface area contributed by atoms with E-state index in [1.165, 1.54) is 12.1 Å². The first-order valence-electron chi connectivity index (χ1n) is 5.55. The average Bonchev–Trinajstić information content (AvgIpc) is 2.21. The Bertz CT molecular complexity index is 414. The third kappa shape index (κ3) is 2.58. The minimum atomic E-state index is -0.509. The first kappa shape index (κ1) is 12.3. The second kappa shape index (κ2) is 5.02. The Hall–Kier alpha value is -1.13. The van der Waals surface area contributed by atoms with Gasteiger partial charge in [-0.05, 0) is 31.1 Å². The number of nitrogens with one attached hydrogen (secondary N) is 2. The number of hydrogen-bond donors (Lipinski definition) is 2. The zero-order chi connectivity index (χ0) is 12.4. The Labute approximate surface area is 104 Å². The highest BCUT2D eigenvalue weighted by molar-refractivity contribution is 6.33. The van der Waals surface area contributed by atoms with Crippen molar-refractivity contribution in [3.05, 3.63) is 29.0 Å². The van der Waals surface area contributed by atoms with Crippen LogP contribution < -0.4 is 10.6 Å².